The van der Waals surface area contributed by atoms with E-state index in [1.165, 1.54) is 6.26 Å². The van der Waals surface area contributed by atoms with E-state index in [9.17, 15) is 9.59 Å². The van der Waals surface area contributed by atoms with Crippen LogP contribution < -0.4 is 10.6 Å². The molecule has 0 saturated heterocycles. The molecule has 2 aromatic heterocycles. The number of carbonyl (C=O) groups excluding carboxylic acids is 2. The van der Waals surface area contributed by atoms with E-state index in [0.29, 0.717) is 24.6 Å². The van der Waals surface area contributed by atoms with Gasteiger partial charge in [-0.2, -0.15) is 5.10 Å². The van der Waals surface area contributed by atoms with Crippen LogP contribution in [0.15, 0.2) is 28.9 Å². The molecule has 0 saturated carbocycles. The molecule has 0 aromatic carbocycles. The molecule has 0 atom stereocenters. The molecule has 3 N–H and O–H groups in total. The zero-order valence-electron chi connectivity index (χ0n) is 11.5. The van der Waals surface area contributed by atoms with Crippen molar-refractivity contribution in [3.8, 4) is 11.5 Å². The summed E-state index contributed by atoms with van der Waals surface area (Å²) in [5.74, 6) is -0.146. The molecule has 2 rings (SSSR count). The van der Waals surface area contributed by atoms with Crippen LogP contribution in [0.25, 0.3) is 11.5 Å². The summed E-state index contributed by atoms with van der Waals surface area (Å²) >= 11 is 0. The van der Waals surface area contributed by atoms with Crippen molar-refractivity contribution in [2.75, 3.05) is 26.8 Å². The summed E-state index contributed by atoms with van der Waals surface area (Å²) in [6.07, 6.45) is 1.53. The Labute approximate surface area is 120 Å². The van der Waals surface area contributed by atoms with Crippen molar-refractivity contribution in [1.29, 1.82) is 0 Å². The summed E-state index contributed by atoms with van der Waals surface area (Å²) in [5.41, 5.74) is 0.779. The quantitative estimate of drug-likeness (QED) is 0.630. The van der Waals surface area contributed by atoms with E-state index in [0.717, 1.165) is 0 Å². The van der Waals surface area contributed by atoms with E-state index in [1.54, 1.807) is 25.3 Å². The van der Waals surface area contributed by atoms with Gasteiger partial charge in [-0.25, -0.2) is 0 Å². The number of amides is 2. The average Bonchev–Trinajstić information content (AvgIpc) is 3.15. The summed E-state index contributed by atoms with van der Waals surface area (Å²) in [4.78, 5) is 23.3. The molecule has 2 heterocycles. The number of hydrogen-bond acceptors (Lipinski definition) is 5. The number of aromatic amines is 1. The number of furan rings is 1. The Kier molecular flexibility index (Phi) is 5.10. The Morgan fingerprint density at radius 1 is 1.43 bits per heavy atom. The van der Waals surface area contributed by atoms with Crippen LogP contribution in [0.1, 0.15) is 10.5 Å². The van der Waals surface area contributed by atoms with Gasteiger partial charge >= 0.3 is 0 Å². The maximum atomic E-state index is 11.8. The number of aromatic nitrogens is 2. The number of nitrogens with one attached hydrogen (secondary N) is 3. The topological polar surface area (TPSA) is 109 Å². The Morgan fingerprint density at radius 2 is 2.29 bits per heavy atom. The maximum absolute atomic E-state index is 11.8. The monoisotopic (exact) mass is 292 g/mol. The minimum atomic E-state index is -0.439. The van der Waals surface area contributed by atoms with Crippen LogP contribution in [0.5, 0.6) is 0 Å². The van der Waals surface area contributed by atoms with Gasteiger partial charge in [0, 0.05) is 19.7 Å². The van der Waals surface area contributed by atoms with Gasteiger partial charge in [-0.3, -0.25) is 14.7 Å². The lowest BCUT2D eigenvalue weighted by molar-refractivity contribution is -0.120. The second-order valence-electron chi connectivity index (χ2n) is 4.17. The van der Waals surface area contributed by atoms with E-state index in [-0.39, 0.29) is 18.1 Å². The van der Waals surface area contributed by atoms with Gasteiger partial charge < -0.3 is 19.8 Å². The smallest absolute Gasteiger partial charge is 0.272 e. The molecule has 0 aliphatic carbocycles. The van der Waals surface area contributed by atoms with E-state index in [4.69, 9.17) is 9.15 Å². The first-order valence-electron chi connectivity index (χ1n) is 6.34. The standard InChI is InChI=1S/C13H16N4O4/c1-20-6-4-14-12(18)8-15-13(19)10-7-9(16-17-10)11-3-2-5-21-11/h2-3,5,7H,4,6,8H2,1H3,(H,14,18)(H,15,19)(H,16,17). The number of methoxy groups -OCH3 is 1. The number of hydrogen-bond donors (Lipinski definition) is 3. The Balaban J connectivity index is 1.82. The highest BCUT2D eigenvalue weighted by atomic mass is 16.5. The molecule has 0 aliphatic rings. The average molecular weight is 292 g/mol. The summed E-state index contributed by atoms with van der Waals surface area (Å²) in [5, 5.41) is 11.6. The minimum Gasteiger partial charge on any atom is -0.463 e. The summed E-state index contributed by atoms with van der Waals surface area (Å²) < 4.78 is 9.99. The molecule has 112 valence electrons. The predicted molar refractivity (Wildman–Crippen MR) is 73.5 cm³/mol. The van der Waals surface area contributed by atoms with Crippen LogP contribution in [0.2, 0.25) is 0 Å². The van der Waals surface area contributed by atoms with Gasteiger partial charge in [0.1, 0.15) is 5.69 Å². The normalized spacial score (nSPS) is 10.3. The molecule has 21 heavy (non-hydrogen) atoms. The van der Waals surface area contributed by atoms with Crippen LogP contribution >= 0.6 is 0 Å². The number of rotatable bonds is 7. The van der Waals surface area contributed by atoms with Crippen molar-refractivity contribution in [2.45, 2.75) is 0 Å². The highest BCUT2D eigenvalue weighted by Gasteiger charge is 2.13. The third-order valence-electron chi connectivity index (χ3n) is 2.63. The van der Waals surface area contributed by atoms with Crippen molar-refractivity contribution < 1.29 is 18.7 Å². The van der Waals surface area contributed by atoms with E-state index in [2.05, 4.69) is 20.8 Å². The molecular weight excluding hydrogens is 276 g/mol. The zero-order chi connectivity index (χ0) is 15.1. The Morgan fingerprint density at radius 3 is 3.00 bits per heavy atom. The molecule has 2 amide bonds. The lowest BCUT2D eigenvalue weighted by Gasteiger charge is -2.04. The van der Waals surface area contributed by atoms with Crippen molar-refractivity contribution in [3.05, 3.63) is 30.2 Å². The second kappa shape index (κ2) is 7.25. The molecule has 8 heteroatoms. The van der Waals surface area contributed by atoms with Crippen molar-refractivity contribution in [3.63, 3.8) is 0 Å². The molecular formula is C13H16N4O4. The number of carbonyl (C=O) groups is 2. The van der Waals surface area contributed by atoms with E-state index in [1.807, 2.05) is 0 Å². The SMILES string of the molecule is COCCNC(=O)CNC(=O)c1cc(-c2ccco2)[nH]n1. The molecule has 0 spiro atoms. The highest BCUT2D eigenvalue weighted by Crippen LogP contribution is 2.17. The maximum Gasteiger partial charge on any atom is 0.272 e. The first-order valence-corrected chi connectivity index (χ1v) is 6.34. The molecule has 0 aliphatic heterocycles. The van der Waals surface area contributed by atoms with Crippen LogP contribution in [-0.2, 0) is 9.53 Å². The fraction of sp³-hybridized carbons (Fsp3) is 0.308. The third-order valence-corrected chi connectivity index (χ3v) is 2.63. The van der Waals surface area contributed by atoms with E-state index >= 15 is 0 Å². The summed E-state index contributed by atoms with van der Waals surface area (Å²) in [6, 6.07) is 5.04. The predicted octanol–water partition coefficient (Wildman–Crippen LogP) is 0.162. The van der Waals surface area contributed by atoms with Crippen LogP contribution in [-0.4, -0.2) is 48.8 Å². The molecule has 0 bridgehead atoms. The fourth-order valence-electron chi connectivity index (χ4n) is 1.60. The highest BCUT2D eigenvalue weighted by molar-refractivity contribution is 5.95. The van der Waals surface area contributed by atoms with Crippen molar-refractivity contribution in [1.82, 2.24) is 20.8 Å². The van der Waals surface area contributed by atoms with Gasteiger partial charge in [-0.15, -0.1) is 0 Å². The Hall–Kier alpha value is -2.61. The van der Waals surface area contributed by atoms with Gasteiger partial charge in [0.2, 0.25) is 5.91 Å². The number of H-pyrrole nitrogens is 1. The molecule has 2 aromatic rings. The largest absolute Gasteiger partial charge is 0.463 e. The van der Waals surface area contributed by atoms with E-state index < -0.39 is 5.91 Å². The Bertz CT molecular complexity index is 591. The summed E-state index contributed by atoms with van der Waals surface area (Å²) in [6.45, 7) is 0.702. The number of ether oxygens (including phenoxy) is 1. The second-order valence-corrected chi connectivity index (χ2v) is 4.17. The molecule has 8 nitrogen and oxygen atoms in total. The zero-order valence-corrected chi connectivity index (χ0v) is 11.5. The van der Waals surface area contributed by atoms with Gasteiger partial charge in [-0.1, -0.05) is 0 Å². The van der Waals surface area contributed by atoms with Crippen LogP contribution in [0.3, 0.4) is 0 Å². The number of nitrogens with zero attached hydrogens (tertiary/aromatic N) is 1. The van der Waals surface area contributed by atoms with Gasteiger partial charge in [0.15, 0.2) is 11.5 Å². The van der Waals surface area contributed by atoms with Crippen molar-refractivity contribution >= 4 is 11.8 Å². The van der Waals surface area contributed by atoms with Gasteiger partial charge in [0.05, 0.1) is 19.4 Å². The fourth-order valence-corrected chi connectivity index (χ4v) is 1.60. The summed E-state index contributed by atoms with van der Waals surface area (Å²) in [7, 11) is 1.54. The first-order chi connectivity index (χ1) is 10.2. The molecule has 0 unspecified atom stereocenters. The van der Waals surface area contributed by atoms with Gasteiger partial charge in [0.25, 0.3) is 5.91 Å². The minimum absolute atomic E-state index is 0.120. The van der Waals surface area contributed by atoms with Crippen LogP contribution in [0, 0.1) is 0 Å². The third kappa shape index (κ3) is 4.18. The lowest BCUT2D eigenvalue weighted by Crippen LogP contribution is -2.38. The van der Waals surface area contributed by atoms with Crippen molar-refractivity contribution in [2.24, 2.45) is 0 Å². The molecule has 0 radical (unpaired) electrons. The molecule has 0 fully saturated rings. The first kappa shape index (κ1) is 14.8. The lowest BCUT2D eigenvalue weighted by atomic mass is 10.3. The van der Waals surface area contributed by atoms with Crippen LogP contribution in [0.4, 0.5) is 0 Å². The van der Waals surface area contributed by atoms with Gasteiger partial charge in [-0.05, 0) is 12.1 Å².